The predicted octanol–water partition coefficient (Wildman–Crippen LogP) is 7.45. The quantitative estimate of drug-likeness (QED) is 0.211. The first-order valence-corrected chi connectivity index (χ1v) is 19.2. The summed E-state index contributed by atoms with van der Waals surface area (Å²) in [5.74, 6) is -4.39. The van der Waals surface area contributed by atoms with Gasteiger partial charge in [0, 0.05) is 30.7 Å². The van der Waals surface area contributed by atoms with Crippen LogP contribution in [0.3, 0.4) is 0 Å². The third kappa shape index (κ3) is 7.08. The van der Waals surface area contributed by atoms with Gasteiger partial charge in [0.25, 0.3) is 0 Å². The number of halogens is 2. The number of hydrogen-bond acceptors (Lipinski definition) is 6. The molecule has 2 aromatic carbocycles. The topological polar surface area (TPSA) is 107 Å². The molecule has 2 fully saturated rings. The van der Waals surface area contributed by atoms with Crippen LogP contribution in [0.5, 0.6) is 5.75 Å². The van der Waals surface area contributed by atoms with E-state index in [0.29, 0.717) is 25.8 Å². The highest BCUT2D eigenvalue weighted by Gasteiger charge is 2.44. The summed E-state index contributed by atoms with van der Waals surface area (Å²) in [5.41, 5.74) is -0.155. The average Bonchev–Trinajstić information content (AvgIpc) is 3.77. The summed E-state index contributed by atoms with van der Waals surface area (Å²) in [5, 5.41) is 9.58. The Labute approximate surface area is 274 Å². The van der Waals surface area contributed by atoms with Crippen molar-refractivity contribution in [1.29, 1.82) is 0 Å². The van der Waals surface area contributed by atoms with Crippen molar-refractivity contribution in [2.24, 2.45) is 0 Å². The molecule has 3 aromatic rings. The molecule has 1 saturated heterocycles. The molecule has 2 aliphatic rings. The molecule has 2 heterocycles. The second kappa shape index (κ2) is 13.4. The van der Waals surface area contributed by atoms with Gasteiger partial charge in [0.2, 0.25) is 11.2 Å². The number of carboxylic acids is 1. The Morgan fingerprint density at radius 2 is 1.79 bits per heavy atom. The number of benzene rings is 2. The number of hydrogen-bond donors (Lipinski definition) is 1. The maximum atomic E-state index is 15.5. The van der Waals surface area contributed by atoms with Crippen molar-refractivity contribution in [2.75, 3.05) is 13.2 Å². The zero-order chi connectivity index (χ0) is 34.3. The Bertz CT molecular complexity index is 1720. The molecular formula is C35H44F2N2O7Si. The van der Waals surface area contributed by atoms with E-state index in [0.717, 1.165) is 11.6 Å². The average molecular weight is 671 g/mol. The summed E-state index contributed by atoms with van der Waals surface area (Å²) in [7, 11) is -2.18. The van der Waals surface area contributed by atoms with Gasteiger partial charge in [-0.2, -0.15) is 4.39 Å². The number of ether oxygens (including phenoxy) is 2. The van der Waals surface area contributed by atoms with Crippen molar-refractivity contribution < 1.29 is 37.4 Å². The number of nitrogens with zero attached hydrogens (tertiary/aromatic N) is 2. The minimum Gasteiger partial charge on any atom is -0.488 e. The van der Waals surface area contributed by atoms with Gasteiger partial charge >= 0.3 is 12.1 Å². The molecule has 2 atom stereocenters. The van der Waals surface area contributed by atoms with Crippen molar-refractivity contribution >= 4 is 31.3 Å². The molecule has 0 unspecified atom stereocenters. The first-order chi connectivity index (χ1) is 22.1. The van der Waals surface area contributed by atoms with E-state index in [4.69, 9.17) is 13.9 Å². The SMILES string of the molecule is CCc1c(C(=O)O)c(=O)c2cc(F)c(F)c(OCC[C@H]3C[C@@H](O[Si](C)(C)C(C)(C)C)CN3C(=O)OCc3ccccc3)c2n1C1CC1. The van der Waals surface area contributed by atoms with Gasteiger partial charge in [-0.3, -0.25) is 4.79 Å². The van der Waals surface area contributed by atoms with Crippen LogP contribution in [0.15, 0.2) is 41.2 Å². The van der Waals surface area contributed by atoms with E-state index in [1.165, 1.54) is 0 Å². The Hall–Kier alpha value is -3.77. The standard InChI is InChI=1S/C35H44F2N2O7Si/c1-7-27-28(33(41)42)31(40)25-18-26(36)29(37)32(30(25)39(27)22-13-14-22)44-16-15-23-17-24(46-47(5,6)35(2,3)4)19-38(23)34(43)45-20-21-11-9-8-10-12-21/h8-12,18,22-24H,7,13-17,19-20H2,1-6H3,(H,41,42)/t23-,24+/m0/s1. The molecule has 1 N–H and O–H groups in total. The summed E-state index contributed by atoms with van der Waals surface area (Å²) >= 11 is 0. The van der Waals surface area contributed by atoms with Crippen molar-refractivity contribution in [3.8, 4) is 5.75 Å². The molecule has 9 nitrogen and oxygen atoms in total. The van der Waals surface area contributed by atoms with Crippen molar-refractivity contribution in [2.45, 2.75) is 103 Å². The van der Waals surface area contributed by atoms with Gasteiger partial charge < -0.3 is 28.5 Å². The van der Waals surface area contributed by atoms with E-state index in [1.807, 2.05) is 30.3 Å². The predicted molar refractivity (Wildman–Crippen MR) is 177 cm³/mol. The third-order valence-corrected chi connectivity index (χ3v) is 14.2. The number of pyridine rings is 1. The maximum absolute atomic E-state index is 15.5. The Morgan fingerprint density at radius 1 is 1.11 bits per heavy atom. The van der Waals surface area contributed by atoms with Gasteiger partial charge in [-0.15, -0.1) is 0 Å². The van der Waals surface area contributed by atoms with E-state index < -0.39 is 48.8 Å². The summed E-state index contributed by atoms with van der Waals surface area (Å²) in [6.45, 7) is 12.8. The molecule has 254 valence electrons. The van der Waals surface area contributed by atoms with Gasteiger partial charge in [-0.25, -0.2) is 14.0 Å². The molecule has 1 aliphatic carbocycles. The fourth-order valence-corrected chi connectivity index (χ4v) is 7.47. The molecule has 1 amide bonds. The lowest BCUT2D eigenvalue weighted by Gasteiger charge is -2.38. The molecule has 1 aliphatic heterocycles. The van der Waals surface area contributed by atoms with Crippen LogP contribution in [-0.4, -0.2) is 60.3 Å². The zero-order valence-electron chi connectivity index (χ0n) is 27.9. The van der Waals surface area contributed by atoms with Crippen molar-refractivity contribution in [1.82, 2.24) is 9.47 Å². The first-order valence-electron chi connectivity index (χ1n) is 16.2. The molecule has 1 aromatic heterocycles. The van der Waals surface area contributed by atoms with Gasteiger partial charge in [0.15, 0.2) is 19.9 Å². The second-order valence-electron chi connectivity index (χ2n) is 14.0. The van der Waals surface area contributed by atoms with E-state index in [2.05, 4.69) is 33.9 Å². The monoisotopic (exact) mass is 670 g/mol. The van der Waals surface area contributed by atoms with E-state index in [-0.39, 0.29) is 65.9 Å². The van der Waals surface area contributed by atoms with Crippen LogP contribution in [0.1, 0.15) is 81.0 Å². The Morgan fingerprint density at radius 3 is 2.38 bits per heavy atom. The lowest BCUT2D eigenvalue weighted by Crippen LogP contribution is -2.44. The van der Waals surface area contributed by atoms with Crippen LogP contribution in [0.25, 0.3) is 10.9 Å². The molecular weight excluding hydrogens is 626 g/mol. The molecule has 0 spiro atoms. The number of fused-ring (bicyclic) bond motifs is 1. The number of likely N-dealkylation sites (tertiary alicyclic amines) is 1. The van der Waals surface area contributed by atoms with Crippen LogP contribution in [-0.2, 0) is 22.2 Å². The molecule has 0 bridgehead atoms. The van der Waals surface area contributed by atoms with Gasteiger partial charge in [0.05, 0.1) is 23.6 Å². The van der Waals surface area contributed by atoms with Gasteiger partial charge in [-0.05, 0) is 55.4 Å². The number of rotatable bonds is 11. The lowest BCUT2D eigenvalue weighted by molar-refractivity contribution is 0.0692. The number of carbonyl (C=O) groups excluding carboxylic acids is 1. The lowest BCUT2D eigenvalue weighted by atomic mass is 10.0. The number of carbonyl (C=O) groups is 2. The minimum absolute atomic E-state index is 0.0436. The molecule has 47 heavy (non-hydrogen) atoms. The fraction of sp³-hybridized carbons (Fsp3) is 0.514. The second-order valence-corrected chi connectivity index (χ2v) is 18.8. The normalized spacial score (nSPS) is 18.5. The molecule has 12 heteroatoms. The highest BCUT2D eigenvalue weighted by molar-refractivity contribution is 6.74. The number of amides is 1. The summed E-state index contributed by atoms with van der Waals surface area (Å²) in [4.78, 5) is 40.5. The van der Waals surface area contributed by atoms with E-state index in [1.54, 1.807) is 16.4 Å². The smallest absolute Gasteiger partial charge is 0.410 e. The third-order valence-electron chi connectivity index (χ3n) is 9.68. The summed E-state index contributed by atoms with van der Waals surface area (Å²) in [6.07, 6.45) is 1.66. The van der Waals surface area contributed by atoms with Crippen molar-refractivity contribution in [3.05, 3.63) is 75.1 Å². The largest absolute Gasteiger partial charge is 0.488 e. The fourth-order valence-electron chi connectivity index (χ4n) is 6.11. The van der Waals surface area contributed by atoms with Gasteiger partial charge in [-0.1, -0.05) is 58.0 Å². The highest BCUT2D eigenvalue weighted by atomic mass is 28.4. The Balaban J connectivity index is 1.43. The molecule has 0 radical (unpaired) electrons. The van der Waals surface area contributed by atoms with E-state index >= 15 is 4.39 Å². The number of aromatic nitrogens is 1. The zero-order valence-corrected chi connectivity index (χ0v) is 28.9. The highest BCUT2D eigenvalue weighted by Crippen LogP contribution is 2.43. The van der Waals surface area contributed by atoms with Gasteiger partial charge in [0.1, 0.15) is 12.2 Å². The number of carboxylic acid groups (broad SMARTS) is 1. The maximum Gasteiger partial charge on any atom is 0.410 e. The van der Waals surface area contributed by atoms with Crippen molar-refractivity contribution in [3.63, 3.8) is 0 Å². The van der Waals surface area contributed by atoms with Crippen LogP contribution in [0.4, 0.5) is 13.6 Å². The van der Waals surface area contributed by atoms with Crippen LogP contribution >= 0.6 is 0 Å². The molecule has 1 saturated carbocycles. The minimum atomic E-state index is -2.18. The number of aromatic carboxylic acids is 1. The van der Waals surface area contributed by atoms with Crippen LogP contribution in [0, 0.1) is 11.6 Å². The first kappa shape index (κ1) is 34.6. The summed E-state index contributed by atoms with van der Waals surface area (Å²) < 4.78 is 50.4. The molecule has 5 rings (SSSR count). The van der Waals surface area contributed by atoms with E-state index in [9.17, 15) is 23.9 Å². The summed E-state index contributed by atoms with van der Waals surface area (Å²) in [6, 6.07) is 9.59. The van der Waals surface area contributed by atoms with Crippen LogP contribution < -0.4 is 10.2 Å². The van der Waals surface area contributed by atoms with Crippen LogP contribution in [0.2, 0.25) is 18.1 Å². The Kier molecular flexibility index (Phi) is 9.84.